The third-order valence-electron chi connectivity index (χ3n) is 2.77. The van der Waals surface area contributed by atoms with Gasteiger partial charge in [-0.3, -0.25) is 10.6 Å². The van der Waals surface area contributed by atoms with E-state index in [1.54, 1.807) is 0 Å². The molecule has 0 rings (SSSR count). The lowest BCUT2D eigenvalue weighted by atomic mass is 9.97. The molecule has 0 aromatic carbocycles. The van der Waals surface area contributed by atoms with Crippen LogP contribution in [-0.4, -0.2) is 19.4 Å². The van der Waals surface area contributed by atoms with Crippen LogP contribution in [0.5, 0.6) is 0 Å². The van der Waals surface area contributed by atoms with E-state index < -0.39 is 0 Å². The summed E-state index contributed by atoms with van der Waals surface area (Å²) >= 11 is 0. The van der Waals surface area contributed by atoms with Crippen molar-refractivity contribution in [3.05, 3.63) is 12.2 Å². The van der Waals surface area contributed by atoms with Gasteiger partial charge in [0, 0.05) is 19.4 Å². The quantitative estimate of drug-likeness (QED) is 0.326. The van der Waals surface area contributed by atoms with Crippen molar-refractivity contribution in [2.45, 2.75) is 40.2 Å². The first-order chi connectivity index (χ1) is 7.11. The zero-order valence-corrected chi connectivity index (χ0v) is 10.6. The minimum absolute atomic E-state index is 0.449. The zero-order chi connectivity index (χ0) is 11.7. The van der Waals surface area contributed by atoms with Gasteiger partial charge in [0.25, 0.3) is 0 Å². The Labute approximate surface area is 94.5 Å². The molecule has 2 atom stereocenters. The zero-order valence-electron chi connectivity index (χ0n) is 10.6. The van der Waals surface area contributed by atoms with Gasteiger partial charge >= 0.3 is 0 Å². The standard InChI is InChI=1S/C12H27N3/c1-5-12(15-9-14-8-13)7-6-11(4)10(2)3/h6-7,10-12,14-15H,5,8-9,13H2,1-4H3/b7-6-. The molecule has 15 heavy (non-hydrogen) atoms. The van der Waals surface area contributed by atoms with Gasteiger partial charge in [0.05, 0.1) is 0 Å². The molecule has 0 saturated carbocycles. The highest BCUT2D eigenvalue weighted by Crippen LogP contribution is 2.11. The van der Waals surface area contributed by atoms with Gasteiger partial charge in [-0.2, -0.15) is 0 Å². The fourth-order valence-electron chi connectivity index (χ4n) is 1.16. The third kappa shape index (κ3) is 7.54. The largest absolute Gasteiger partial charge is 0.318 e. The molecule has 0 amide bonds. The Hall–Kier alpha value is -0.380. The fraction of sp³-hybridized carbons (Fsp3) is 0.833. The molecule has 0 fully saturated rings. The Kier molecular flexibility index (Phi) is 8.67. The molecule has 0 bridgehead atoms. The molecule has 4 N–H and O–H groups in total. The third-order valence-corrected chi connectivity index (χ3v) is 2.77. The summed E-state index contributed by atoms with van der Waals surface area (Å²) in [5.41, 5.74) is 5.35. The maximum atomic E-state index is 5.35. The molecule has 0 heterocycles. The van der Waals surface area contributed by atoms with Gasteiger partial charge in [0.15, 0.2) is 0 Å². The fourth-order valence-corrected chi connectivity index (χ4v) is 1.16. The number of hydrogen-bond donors (Lipinski definition) is 3. The molecule has 0 aliphatic rings. The number of rotatable bonds is 8. The van der Waals surface area contributed by atoms with Crippen molar-refractivity contribution in [2.75, 3.05) is 13.3 Å². The maximum absolute atomic E-state index is 5.35. The molecule has 0 aromatic rings. The van der Waals surface area contributed by atoms with Gasteiger partial charge in [0.2, 0.25) is 0 Å². The SMILES string of the molecule is CCC(/C=C\C(C)C(C)C)NCNCN. The normalized spacial score (nSPS) is 16.1. The summed E-state index contributed by atoms with van der Waals surface area (Å²) in [6, 6.07) is 0.449. The predicted molar refractivity (Wildman–Crippen MR) is 67.4 cm³/mol. The summed E-state index contributed by atoms with van der Waals surface area (Å²) < 4.78 is 0. The van der Waals surface area contributed by atoms with Crippen LogP contribution in [0.4, 0.5) is 0 Å². The van der Waals surface area contributed by atoms with Crippen LogP contribution in [0.25, 0.3) is 0 Å². The molecule has 3 heteroatoms. The van der Waals surface area contributed by atoms with Crippen molar-refractivity contribution >= 4 is 0 Å². The first kappa shape index (κ1) is 14.6. The minimum atomic E-state index is 0.449. The topological polar surface area (TPSA) is 50.1 Å². The highest BCUT2D eigenvalue weighted by atomic mass is 15.1. The van der Waals surface area contributed by atoms with Gasteiger partial charge in [-0.15, -0.1) is 0 Å². The highest BCUT2D eigenvalue weighted by Gasteiger charge is 2.04. The van der Waals surface area contributed by atoms with Crippen molar-refractivity contribution in [2.24, 2.45) is 17.6 Å². The lowest BCUT2D eigenvalue weighted by Crippen LogP contribution is -2.38. The van der Waals surface area contributed by atoms with E-state index in [0.717, 1.165) is 13.1 Å². The predicted octanol–water partition coefficient (Wildman–Crippen LogP) is 1.67. The van der Waals surface area contributed by atoms with E-state index >= 15 is 0 Å². The number of hydrogen-bond acceptors (Lipinski definition) is 3. The average molecular weight is 213 g/mol. The molecule has 0 aromatic heterocycles. The summed E-state index contributed by atoms with van der Waals surface area (Å²) in [4.78, 5) is 0. The first-order valence-electron chi connectivity index (χ1n) is 5.94. The van der Waals surface area contributed by atoms with Crippen LogP contribution >= 0.6 is 0 Å². The lowest BCUT2D eigenvalue weighted by molar-refractivity contribution is 0.492. The van der Waals surface area contributed by atoms with Crippen LogP contribution in [0.2, 0.25) is 0 Å². The molecular weight excluding hydrogens is 186 g/mol. The number of allylic oxidation sites excluding steroid dienone is 1. The molecular formula is C12H27N3. The second-order valence-electron chi connectivity index (χ2n) is 4.34. The summed E-state index contributed by atoms with van der Waals surface area (Å²) in [5, 5.41) is 6.44. The van der Waals surface area contributed by atoms with Gasteiger partial charge in [-0.05, 0) is 18.3 Å². The van der Waals surface area contributed by atoms with Crippen LogP contribution in [0, 0.1) is 11.8 Å². The first-order valence-corrected chi connectivity index (χ1v) is 5.94. The minimum Gasteiger partial charge on any atom is -0.318 e. The van der Waals surface area contributed by atoms with E-state index in [9.17, 15) is 0 Å². The summed E-state index contributed by atoms with van der Waals surface area (Å²) in [6.07, 6.45) is 5.67. The van der Waals surface area contributed by atoms with Gasteiger partial charge < -0.3 is 5.73 Å². The van der Waals surface area contributed by atoms with E-state index in [4.69, 9.17) is 5.73 Å². The average Bonchev–Trinajstić information content (AvgIpc) is 2.22. The van der Waals surface area contributed by atoms with Gasteiger partial charge in [-0.25, -0.2) is 0 Å². The van der Waals surface area contributed by atoms with E-state index in [-0.39, 0.29) is 0 Å². The van der Waals surface area contributed by atoms with Crippen molar-refractivity contribution in [3.63, 3.8) is 0 Å². The van der Waals surface area contributed by atoms with Crippen molar-refractivity contribution in [1.29, 1.82) is 0 Å². The van der Waals surface area contributed by atoms with E-state index in [1.807, 2.05) is 0 Å². The maximum Gasteiger partial charge on any atom is 0.0469 e. The van der Waals surface area contributed by atoms with Crippen LogP contribution in [0.1, 0.15) is 34.1 Å². The molecule has 0 saturated heterocycles. The Morgan fingerprint density at radius 3 is 2.33 bits per heavy atom. The second-order valence-corrected chi connectivity index (χ2v) is 4.34. The Bertz CT molecular complexity index is 166. The summed E-state index contributed by atoms with van der Waals surface area (Å²) in [5.74, 6) is 1.35. The smallest absolute Gasteiger partial charge is 0.0469 e. The van der Waals surface area contributed by atoms with Gasteiger partial charge in [-0.1, -0.05) is 39.8 Å². The molecule has 0 aliphatic heterocycles. The molecule has 2 unspecified atom stereocenters. The van der Waals surface area contributed by atoms with Crippen molar-refractivity contribution < 1.29 is 0 Å². The lowest BCUT2D eigenvalue weighted by Gasteiger charge is -2.15. The van der Waals surface area contributed by atoms with E-state index in [2.05, 4.69) is 50.5 Å². The molecule has 0 radical (unpaired) electrons. The Balaban J connectivity index is 3.86. The van der Waals surface area contributed by atoms with Crippen molar-refractivity contribution in [3.8, 4) is 0 Å². The van der Waals surface area contributed by atoms with Gasteiger partial charge in [0.1, 0.15) is 0 Å². The van der Waals surface area contributed by atoms with Crippen LogP contribution in [0.15, 0.2) is 12.2 Å². The molecule has 0 aliphatic carbocycles. The second kappa shape index (κ2) is 8.89. The van der Waals surface area contributed by atoms with E-state index in [0.29, 0.717) is 24.5 Å². The summed E-state index contributed by atoms with van der Waals surface area (Å²) in [7, 11) is 0. The van der Waals surface area contributed by atoms with E-state index in [1.165, 1.54) is 0 Å². The molecule has 0 spiro atoms. The van der Waals surface area contributed by atoms with Crippen molar-refractivity contribution in [1.82, 2.24) is 10.6 Å². The van der Waals surface area contributed by atoms with Crippen LogP contribution < -0.4 is 16.4 Å². The highest BCUT2D eigenvalue weighted by molar-refractivity contribution is 4.95. The Morgan fingerprint density at radius 1 is 1.20 bits per heavy atom. The Morgan fingerprint density at radius 2 is 1.87 bits per heavy atom. The number of nitrogens with one attached hydrogen (secondary N) is 2. The van der Waals surface area contributed by atoms with Crippen LogP contribution in [0.3, 0.4) is 0 Å². The molecule has 3 nitrogen and oxygen atoms in total. The van der Waals surface area contributed by atoms with Crippen LogP contribution in [-0.2, 0) is 0 Å². The number of nitrogens with two attached hydrogens (primary N) is 1. The summed E-state index contributed by atoms with van der Waals surface area (Å²) in [6.45, 7) is 10.2. The molecule has 90 valence electrons. The monoisotopic (exact) mass is 213 g/mol.